The van der Waals surface area contributed by atoms with Gasteiger partial charge in [0.05, 0.1) is 6.10 Å². The van der Waals surface area contributed by atoms with Gasteiger partial charge in [-0.3, -0.25) is 0 Å². The molecule has 0 aromatic carbocycles. The van der Waals surface area contributed by atoms with E-state index in [1.54, 1.807) is 5.57 Å². The van der Waals surface area contributed by atoms with Gasteiger partial charge in [0.25, 0.3) is 0 Å². The molecule has 3 fully saturated rings. The Bertz CT molecular complexity index is 591. The van der Waals surface area contributed by atoms with E-state index in [-0.39, 0.29) is 6.10 Å². The van der Waals surface area contributed by atoms with E-state index in [4.69, 9.17) is 0 Å². The molecule has 4 aliphatic carbocycles. The fraction of sp³-hybridized carbons (Fsp3) is 0.926. The molecule has 0 aromatic rings. The van der Waals surface area contributed by atoms with E-state index >= 15 is 0 Å². The highest BCUT2D eigenvalue weighted by atomic mass is 16.3. The summed E-state index contributed by atoms with van der Waals surface area (Å²) >= 11 is 0. The molecule has 1 nitrogen and oxygen atoms in total. The molecule has 4 rings (SSSR count). The number of hydrogen-bond donors (Lipinski definition) is 1. The first-order valence-electron chi connectivity index (χ1n) is 12.6. The average Bonchev–Trinajstić information content (AvgIpc) is 2.99. The van der Waals surface area contributed by atoms with Crippen molar-refractivity contribution < 1.29 is 5.11 Å². The van der Waals surface area contributed by atoms with Gasteiger partial charge in [-0.1, -0.05) is 65.5 Å². The van der Waals surface area contributed by atoms with Crippen LogP contribution in [-0.2, 0) is 0 Å². The molecule has 0 heterocycles. The van der Waals surface area contributed by atoms with Crippen molar-refractivity contribution in [1.82, 2.24) is 0 Å². The Hall–Kier alpha value is -0.300. The van der Waals surface area contributed by atoms with Crippen LogP contribution < -0.4 is 0 Å². The van der Waals surface area contributed by atoms with Crippen LogP contribution in [0.1, 0.15) is 105 Å². The smallest absolute Gasteiger partial charge is 0.0577 e. The maximum absolute atomic E-state index is 10.2. The second kappa shape index (κ2) is 7.75. The summed E-state index contributed by atoms with van der Waals surface area (Å²) in [6, 6.07) is 0. The highest BCUT2D eigenvalue weighted by molar-refractivity contribution is 5.25. The third-order valence-corrected chi connectivity index (χ3v) is 10.3. The maximum atomic E-state index is 10.2. The van der Waals surface area contributed by atoms with Crippen LogP contribution in [0.25, 0.3) is 0 Å². The van der Waals surface area contributed by atoms with Gasteiger partial charge in [-0.25, -0.2) is 0 Å². The van der Waals surface area contributed by atoms with Gasteiger partial charge in [-0.05, 0) is 97.7 Å². The van der Waals surface area contributed by atoms with Gasteiger partial charge in [0, 0.05) is 0 Å². The van der Waals surface area contributed by atoms with Gasteiger partial charge in [0.2, 0.25) is 0 Å². The molecule has 0 radical (unpaired) electrons. The summed E-state index contributed by atoms with van der Waals surface area (Å²) in [5, 5.41) is 10.2. The average molecular weight is 387 g/mol. The van der Waals surface area contributed by atoms with Crippen LogP contribution in [0.3, 0.4) is 0 Å². The quantitative estimate of drug-likeness (QED) is 0.488. The normalized spacial score (nSPS) is 46.5. The van der Waals surface area contributed by atoms with Crippen molar-refractivity contribution in [2.45, 2.75) is 111 Å². The van der Waals surface area contributed by atoms with E-state index in [1.807, 2.05) is 0 Å². The van der Waals surface area contributed by atoms with Crippen LogP contribution in [0.2, 0.25) is 0 Å². The fourth-order valence-corrected chi connectivity index (χ4v) is 8.67. The Balaban J connectivity index is 1.49. The third kappa shape index (κ3) is 3.42. The topological polar surface area (TPSA) is 20.2 Å². The molecule has 1 heteroatoms. The van der Waals surface area contributed by atoms with Gasteiger partial charge >= 0.3 is 0 Å². The lowest BCUT2D eigenvalue weighted by Crippen LogP contribution is -2.50. The van der Waals surface area contributed by atoms with Crippen molar-refractivity contribution in [3.05, 3.63) is 11.6 Å². The summed E-state index contributed by atoms with van der Waals surface area (Å²) in [5.41, 5.74) is 2.60. The number of rotatable bonds is 5. The third-order valence-electron chi connectivity index (χ3n) is 10.3. The van der Waals surface area contributed by atoms with E-state index in [9.17, 15) is 5.11 Å². The summed E-state index contributed by atoms with van der Waals surface area (Å²) < 4.78 is 0. The largest absolute Gasteiger partial charge is 0.393 e. The summed E-state index contributed by atoms with van der Waals surface area (Å²) in [7, 11) is 0. The van der Waals surface area contributed by atoms with E-state index in [1.165, 1.54) is 57.8 Å². The first-order valence-corrected chi connectivity index (χ1v) is 12.6. The summed E-state index contributed by atoms with van der Waals surface area (Å²) in [6.07, 6.45) is 17.2. The molecule has 0 spiro atoms. The molecule has 28 heavy (non-hydrogen) atoms. The van der Waals surface area contributed by atoms with Crippen LogP contribution in [-0.4, -0.2) is 11.2 Å². The number of fused-ring (bicyclic) bond motifs is 5. The lowest BCUT2D eigenvalue weighted by molar-refractivity contribution is -0.0573. The lowest BCUT2D eigenvalue weighted by atomic mass is 9.47. The SMILES string of the molecule is CC(C)CCC[C@H](C)[C@@H]1CC[C@H]2[C@@H]3CC=C4C[C@H](O)CC[C@]4(C)[C@H]3CC[C@@]21C. The second-order valence-electron chi connectivity index (χ2n) is 12.2. The van der Waals surface area contributed by atoms with Crippen molar-refractivity contribution in [2.75, 3.05) is 0 Å². The van der Waals surface area contributed by atoms with E-state index in [0.717, 1.165) is 48.3 Å². The summed E-state index contributed by atoms with van der Waals surface area (Å²) in [5.74, 6) is 5.46. The van der Waals surface area contributed by atoms with Crippen molar-refractivity contribution in [2.24, 2.45) is 46.3 Å². The predicted molar refractivity (Wildman–Crippen MR) is 119 cm³/mol. The molecule has 0 unspecified atom stereocenters. The Labute approximate surface area is 174 Å². The van der Waals surface area contributed by atoms with Crippen LogP contribution in [0, 0.1) is 46.3 Å². The van der Waals surface area contributed by atoms with Crippen molar-refractivity contribution >= 4 is 0 Å². The van der Waals surface area contributed by atoms with Crippen molar-refractivity contribution in [1.29, 1.82) is 0 Å². The monoisotopic (exact) mass is 386 g/mol. The van der Waals surface area contributed by atoms with Crippen LogP contribution in [0.15, 0.2) is 11.6 Å². The molecule has 0 saturated heterocycles. The molecular weight excluding hydrogens is 340 g/mol. The molecule has 0 bridgehead atoms. The molecule has 8 atom stereocenters. The zero-order valence-electron chi connectivity index (χ0n) is 19.3. The standard InChI is InChI=1S/C27H46O/c1-18(2)7-6-8-19(3)23-11-12-24-22-10-9-20-17-21(28)13-15-26(20,4)25(22)14-16-27(23,24)5/h9,18-19,21-25,28H,6-8,10-17H2,1-5H3/t19-,21+,22-,23-,24-,25-,26-,27+/m0/s1. The number of aliphatic hydroxyl groups is 1. The highest BCUT2D eigenvalue weighted by Gasteiger charge is 2.59. The first-order chi connectivity index (χ1) is 13.3. The summed E-state index contributed by atoms with van der Waals surface area (Å²) in [4.78, 5) is 0. The van der Waals surface area contributed by atoms with Crippen LogP contribution >= 0.6 is 0 Å². The molecule has 0 amide bonds. The minimum atomic E-state index is -0.0766. The van der Waals surface area contributed by atoms with E-state index < -0.39 is 0 Å². The second-order valence-corrected chi connectivity index (χ2v) is 12.2. The van der Waals surface area contributed by atoms with Gasteiger partial charge in [-0.15, -0.1) is 0 Å². The van der Waals surface area contributed by atoms with Crippen molar-refractivity contribution in [3.8, 4) is 0 Å². The molecule has 4 aliphatic rings. The molecule has 0 aliphatic heterocycles. The Morgan fingerprint density at radius 3 is 2.54 bits per heavy atom. The minimum Gasteiger partial charge on any atom is -0.393 e. The van der Waals surface area contributed by atoms with Crippen LogP contribution in [0.5, 0.6) is 0 Å². The molecular formula is C27H46O. The predicted octanol–water partition coefficient (Wildman–Crippen LogP) is 7.39. The molecule has 3 saturated carbocycles. The maximum Gasteiger partial charge on any atom is 0.0577 e. The number of hydrogen-bond acceptors (Lipinski definition) is 1. The van der Waals surface area contributed by atoms with E-state index in [2.05, 4.69) is 40.7 Å². The summed E-state index contributed by atoms with van der Waals surface area (Å²) in [6.45, 7) is 12.6. The Morgan fingerprint density at radius 1 is 1.00 bits per heavy atom. The fourth-order valence-electron chi connectivity index (χ4n) is 8.67. The Morgan fingerprint density at radius 2 is 1.79 bits per heavy atom. The number of aliphatic hydroxyl groups excluding tert-OH is 1. The van der Waals surface area contributed by atoms with Gasteiger partial charge in [0.15, 0.2) is 0 Å². The van der Waals surface area contributed by atoms with E-state index in [0.29, 0.717) is 10.8 Å². The minimum absolute atomic E-state index is 0.0766. The van der Waals surface area contributed by atoms with Gasteiger partial charge in [0.1, 0.15) is 0 Å². The van der Waals surface area contributed by atoms with Crippen LogP contribution in [0.4, 0.5) is 0 Å². The molecule has 160 valence electrons. The molecule has 0 aromatic heterocycles. The Kier molecular flexibility index (Phi) is 5.80. The van der Waals surface area contributed by atoms with Gasteiger partial charge < -0.3 is 5.11 Å². The first kappa shape index (κ1) is 21.0. The lowest BCUT2D eigenvalue weighted by Gasteiger charge is -2.58. The van der Waals surface area contributed by atoms with Gasteiger partial charge in [-0.2, -0.15) is 0 Å². The zero-order valence-corrected chi connectivity index (χ0v) is 19.3. The zero-order chi connectivity index (χ0) is 20.1. The van der Waals surface area contributed by atoms with Crippen molar-refractivity contribution in [3.63, 3.8) is 0 Å². The molecule has 1 N–H and O–H groups in total. The number of allylic oxidation sites excluding steroid dienone is 1. The highest BCUT2D eigenvalue weighted by Crippen LogP contribution is 2.67.